The van der Waals surface area contributed by atoms with E-state index >= 15 is 4.39 Å². The first-order valence-corrected chi connectivity index (χ1v) is 20.5. The van der Waals surface area contributed by atoms with Gasteiger partial charge in [-0.1, -0.05) is 49.3 Å². The molecule has 14 nitrogen and oxygen atoms in total. The predicted molar refractivity (Wildman–Crippen MR) is 202 cm³/mol. The third-order valence-corrected chi connectivity index (χ3v) is 12.9. The second kappa shape index (κ2) is 14.9. The van der Waals surface area contributed by atoms with Crippen LogP contribution in [0.4, 0.5) is 9.18 Å². The number of allylic oxidation sites excluding steroid dienone is 1. The molecule has 56 heavy (non-hydrogen) atoms. The molecule has 4 amide bonds. The standard InChI is InChI=1S/C40H42FN5O9S/c1-53-39(50)43-29-15-6-4-2-3-5-11-23-21-40(23,38(49)45-56(51,52)25-17-18-25)44-36(47)31-19-24(22-46(31)37(29)48)54-33-20-30(26-12-7-9-14-28(26)41)42-34-27-13-8-10-16-32(27)55-35(33)34/h5,7-14,16,20,23-25,29,31H,2-4,6,15,17-19,21-22H2,1H3,(H,43,50)(H,44,47)(H,45,49)/b11-5-/t23-,24+,29-,31-,40+/m0/s1. The molecule has 294 valence electrons. The van der Waals surface area contributed by atoms with Gasteiger partial charge in [-0.2, -0.15) is 0 Å². The molecule has 2 aromatic heterocycles. The summed E-state index contributed by atoms with van der Waals surface area (Å²) in [5, 5.41) is 5.50. The number of nitrogens with one attached hydrogen (secondary N) is 3. The first-order chi connectivity index (χ1) is 27.0. The Morgan fingerprint density at radius 1 is 1.05 bits per heavy atom. The number of halogens is 1. The van der Waals surface area contributed by atoms with Crippen molar-refractivity contribution in [3.05, 3.63) is 72.6 Å². The minimum absolute atomic E-state index is 0.0415. The van der Waals surface area contributed by atoms with E-state index < -0.39 is 74.5 Å². The molecule has 2 saturated carbocycles. The average Bonchev–Trinajstić information content (AvgIpc) is 4.08. The highest BCUT2D eigenvalue weighted by atomic mass is 32.2. The molecule has 2 aliphatic carbocycles. The third kappa shape index (κ3) is 7.29. The van der Waals surface area contributed by atoms with E-state index in [4.69, 9.17) is 18.9 Å². The molecule has 3 N–H and O–H groups in total. The Labute approximate surface area is 322 Å². The number of nitrogens with zero attached hydrogens (tertiary/aromatic N) is 2. The molecule has 2 aromatic carbocycles. The molecule has 0 spiro atoms. The average molecular weight is 788 g/mol. The summed E-state index contributed by atoms with van der Waals surface area (Å²) in [4.78, 5) is 61.1. The third-order valence-electron chi connectivity index (χ3n) is 11.1. The van der Waals surface area contributed by atoms with Gasteiger partial charge in [0.1, 0.15) is 40.6 Å². The van der Waals surface area contributed by atoms with Gasteiger partial charge in [0.25, 0.3) is 5.91 Å². The highest BCUT2D eigenvalue weighted by Gasteiger charge is 2.62. The summed E-state index contributed by atoms with van der Waals surface area (Å²) in [6.45, 7) is -0.103. The normalized spacial score (nSPS) is 26.3. The van der Waals surface area contributed by atoms with E-state index in [1.165, 1.54) is 18.1 Å². The number of rotatable bonds is 7. The van der Waals surface area contributed by atoms with Gasteiger partial charge in [0.05, 0.1) is 24.6 Å². The van der Waals surface area contributed by atoms with E-state index in [0.29, 0.717) is 42.2 Å². The molecule has 4 aromatic rings. The summed E-state index contributed by atoms with van der Waals surface area (Å²) in [6, 6.07) is 12.8. The van der Waals surface area contributed by atoms with Crippen molar-refractivity contribution in [1.82, 2.24) is 25.2 Å². The lowest BCUT2D eigenvalue weighted by Crippen LogP contribution is -2.58. The number of pyridine rings is 1. The molecule has 0 unspecified atom stereocenters. The topological polar surface area (TPSA) is 186 Å². The number of furan rings is 1. The number of ether oxygens (including phenoxy) is 2. The number of para-hydroxylation sites is 1. The minimum Gasteiger partial charge on any atom is -0.484 e. The zero-order valence-electron chi connectivity index (χ0n) is 30.7. The maximum absolute atomic E-state index is 15.1. The maximum Gasteiger partial charge on any atom is 0.407 e. The Morgan fingerprint density at radius 2 is 1.84 bits per heavy atom. The molecule has 2 aliphatic heterocycles. The highest BCUT2D eigenvalue weighted by Crippen LogP contribution is 2.46. The van der Waals surface area contributed by atoms with E-state index in [0.717, 1.165) is 12.8 Å². The first kappa shape index (κ1) is 37.4. The van der Waals surface area contributed by atoms with Crippen LogP contribution in [0.15, 0.2) is 71.2 Å². The van der Waals surface area contributed by atoms with Crippen LogP contribution in [0.3, 0.4) is 0 Å². The number of fused-ring (bicyclic) bond motifs is 5. The summed E-state index contributed by atoms with van der Waals surface area (Å²) in [7, 11) is -2.73. The van der Waals surface area contributed by atoms with Crippen molar-refractivity contribution >= 4 is 55.9 Å². The maximum atomic E-state index is 15.1. The fraction of sp³-hybridized carbons (Fsp3) is 0.425. The second-order valence-corrected chi connectivity index (χ2v) is 16.9. The zero-order valence-corrected chi connectivity index (χ0v) is 31.5. The van der Waals surface area contributed by atoms with Crippen LogP contribution in [0.2, 0.25) is 0 Å². The molecular weight excluding hydrogens is 746 g/mol. The Kier molecular flexibility index (Phi) is 9.93. The van der Waals surface area contributed by atoms with E-state index in [9.17, 15) is 27.6 Å². The molecule has 8 rings (SSSR count). The van der Waals surface area contributed by atoms with Crippen molar-refractivity contribution in [3.63, 3.8) is 0 Å². The minimum atomic E-state index is -3.92. The molecule has 16 heteroatoms. The van der Waals surface area contributed by atoms with Crippen LogP contribution in [0.25, 0.3) is 33.3 Å². The smallest absolute Gasteiger partial charge is 0.407 e. The van der Waals surface area contributed by atoms with Gasteiger partial charge >= 0.3 is 6.09 Å². The molecule has 1 saturated heterocycles. The molecule has 4 aliphatic rings. The number of methoxy groups -OCH3 is 1. The number of carbonyl (C=O) groups is 4. The number of alkyl carbamates (subject to hydrolysis) is 1. The van der Waals surface area contributed by atoms with Gasteiger partial charge in [-0.3, -0.25) is 19.1 Å². The van der Waals surface area contributed by atoms with Crippen LogP contribution in [0.1, 0.15) is 57.8 Å². The monoisotopic (exact) mass is 787 g/mol. The number of carbonyl (C=O) groups excluding carboxylic acids is 4. The quantitative estimate of drug-likeness (QED) is 0.219. The van der Waals surface area contributed by atoms with Gasteiger partial charge in [0.15, 0.2) is 11.3 Å². The van der Waals surface area contributed by atoms with Crippen molar-refractivity contribution in [1.29, 1.82) is 0 Å². The molecule has 4 heterocycles. The van der Waals surface area contributed by atoms with E-state index in [1.807, 2.05) is 30.4 Å². The second-order valence-electron chi connectivity index (χ2n) is 14.9. The number of hydrogen-bond donors (Lipinski definition) is 3. The first-order valence-electron chi connectivity index (χ1n) is 18.9. The number of aromatic nitrogens is 1. The van der Waals surface area contributed by atoms with Crippen LogP contribution >= 0.6 is 0 Å². The van der Waals surface area contributed by atoms with Crippen LogP contribution in [0.5, 0.6) is 5.75 Å². The Hall–Kier alpha value is -5.51. The number of benzene rings is 2. The van der Waals surface area contributed by atoms with Crippen molar-refractivity contribution in [2.75, 3.05) is 13.7 Å². The molecule has 3 fully saturated rings. The molecule has 0 radical (unpaired) electrons. The summed E-state index contributed by atoms with van der Waals surface area (Å²) < 4.78 is 60.7. The number of amides is 4. The Bertz CT molecular complexity index is 2360. The van der Waals surface area contributed by atoms with E-state index in [-0.39, 0.29) is 48.4 Å². The van der Waals surface area contributed by atoms with Crippen LogP contribution < -0.4 is 20.1 Å². The van der Waals surface area contributed by atoms with Crippen molar-refractivity contribution in [2.24, 2.45) is 5.92 Å². The zero-order chi connectivity index (χ0) is 39.2. The van der Waals surface area contributed by atoms with Crippen molar-refractivity contribution < 1.29 is 45.9 Å². The van der Waals surface area contributed by atoms with E-state index in [1.54, 1.807) is 30.3 Å². The fourth-order valence-electron chi connectivity index (χ4n) is 7.77. The summed E-state index contributed by atoms with van der Waals surface area (Å²) >= 11 is 0. The Balaban J connectivity index is 1.15. The molecule has 5 atom stereocenters. The lowest BCUT2D eigenvalue weighted by molar-refractivity contribution is -0.141. The van der Waals surface area contributed by atoms with Crippen LogP contribution in [0, 0.1) is 11.7 Å². The van der Waals surface area contributed by atoms with Gasteiger partial charge in [-0.25, -0.2) is 22.6 Å². The lowest BCUT2D eigenvalue weighted by Gasteiger charge is -2.29. The van der Waals surface area contributed by atoms with Gasteiger partial charge in [0, 0.05) is 29.4 Å². The summed E-state index contributed by atoms with van der Waals surface area (Å²) in [5.41, 5.74) is 0.210. The Morgan fingerprint density at radius 3 is 2.62 bits per heavy atom. The van der Waals surface area contributed by atoms with Gasteiger partial charge in [0.2, 0.25) is 21.8 Å². The lowest BCUT2D eigenvalue weighted by atomic mass is 10.1. The number of sulfonamides is 1. The van der Waals surface area contributed by atoms with Gasteiger partial charge in [-0.05, 0) is 62.8 Å². The van der Waals surface area contributed by atoms with Crippen molar-refractivity contribution in [3.8, 4) is 17.0 Å². The fourth-order valence-corrected chi connectivity index (χ4v) is 9.14. The molecule has 0 bridgehead atoms. The number of hydrogen-bond acceptors (Lipinski definition) is 10. The largest absolute Gasteiger partial charge is 0.484 e. The van der Waals surface area contributed by atoms with Gasteiger partial charge in [-0.15, -0.1) is 0 Å². The predicted octanol–water partition coefficient (Wildman–Crippen LogP) is 4.86. The van der Waals surface area contributed by atoms with Crippen LogP contribution in [-0.4, -0.2) is 84.7 Å². The van der Waals surface area contributed by atoms with E-state index in [2.05, 4.69) is 15.4 Å². The highest BCUT2D eigenvalue weighted by molar-refractivity contribution is 7.91. The van der Waals surface area contributed by atoms with Crippen molar-refractivity contribution in [2.45, 2.75) is 86.8 Å². The summed E-state index contributed by atoms with van der Waals surface area (Å²) in [5.74, 6) is -2.80. The molecular formula is C40H42FN5O9S. The SMILES string of the molecule is COC(=O)N[C@H]1CCCCC/C=C\[C@H]2C[C@@]2(C(=O)NS(=O)(=O)C2CC2)NC(=O)[C@@H]2C[C@@H](Oc3cc(-c4ccccc4F)nc4c3oc3ccccc34)CN2C1=O. The van der Waals surface area contributed by atoms with Crippen LogP contribution in [-0.2, 0) is 29.1 Å². The van der Waals surface area contributed by atoms with Gasteiger partial charge < -0.3 is 29.4 Å². The summed E-state index contributed by atoms with van der Waals surface area (Å²) in [6.07, 6.45) is 6.20.